The number of anilines is 1. The van der Waals surface area contributed by atoms with E-state index in [9.17, 15) is 0 Å². The summed E-state index contributed by atoms with van der Waals surface area (Å²) in [5.41, 5.74) is 2.22. The topological polar surface area (TPSA) is 61.6 Å². The smallest absolute Gasteiger partial charge is 0.115 e. The van der Waals surface area contributed by atoms with Crippen molar-refractivity contribution in [3.05, 3.63) is 53.1 Å². The summed E-state index contributed by atoms with van der Waals surface area (Å²) in [7, 11) is 0. The van der Waals surface area contributed by atoms with Crippen LogP contribution in [0, 0.1) is 11.3 Å². The van der Waals surface area contributed by atoms with Crippen molar-refractivity contribution >= 4 is 17.3 Å². The second kappa shape index (κ2) is 5.28. The summed E-state index contributed by atoms with van der Waals surface area (Å²) >= 11 is 5.92. The lowest BCUT2D eigenvalue weighted by atomic mass is 10.2. The molecule has 0 saturated carbocycles. The van der Waals surface area contributed by atoms with E-state index in [0.29, 0.717) is 17.1 Å². The zero-order valence-corrected chi connectivity index (χ0v) is 9.65. The van der Waals surface area contributed by atoms with Gasteiger partial charge in [-0.15, -0.1) is 0 Å². The summed E-state index contributed by atoms with van der Waals surface area (Å²) in [5.74, 6) is 0. The molecule has 84 valence electrons. The van der Waals surface area contributed by atoms with Gasteiger partial charge in [0.15, 0.2) is 0 Å². The Balaban J connectivity index is 2.06. The molecule has 1 aromatic carbocycles. The maximum absolute atomic E-state index is 8.75. The van der Waals surface area contributed by atoms with Gasteiger partial charge in [0.05, 0.1) is 22.8 Å². The summed E-state index contributed by atoms with van der Waals surface area (Å²) in [6.45, 7) is 0.588. The van der Waals surface area contributed by atoms with Crippen molar-refractivity contribution in [1.82, 2.24) is 9.97 Å². The van der Waals surface area contributed by atoms with Gasteiger partial charge in [-0.25, -0.2) is 9.97 Å². The van der Waals surface area contributed by atoms with Gasteiger partial charge in [-0.2, -0.15) is 5.26 Å². The second-order valence-electron chi connectivity index (χ2n) is 3.36. The van der Waals surface area contributed by atoms with Gasteiger partial charge in [0.25, 0.3) is 0 Å². The standard InChI is InChI=1S/C12H9ClN4/c13-12-5-10(2-1-9(12)6-14)16-7-11-3-4-15-8-17-11/h1-5,8,16H,7H2. The molecule has 0 aliphatic rings. The third kappa shape index (κ3) is 2.92. The van der Waals surface area contributed by atoms with Gasteiger partial charge in [0.1, 0.15) is 12.4 Å². The summed E-state index contributed by atoms with van der Waals surface area (Å²) in [5, 5.41) is 12.4. The molecule has 0 unspecified atom stereocenters. The van der Waals surface area contributed by atoms with Gasteiger partial charge in [-0.3, -0.25) is 0 Å². The third-order valence-corrected chi connectivity index (χ3v) is 2.52. The molecule has 0 aliphatic heterocycles. The number of nitrogens with one attached hydrogen (secondary N) is 1. The zero-order chi connectivity index (χ0) is 12.1. The number of halogens is 1. The Bertz CT molecular complexity index is 548. The van der Waals surface area contributed by atoms with Gasteiger partial charge >= 0.3 is 0 Å². The Kier molecular flexibility index (Phi) is 3.53. The first kappa shape index (κ1) is 11.4. The van der Waals surface area contributed by atoms with Gasteiger partial charge in [-0.05, 0) is 24.3 Å². The van der Waals surface area contributed by atoms with Crippen molar-refractivity contribution in [3.8, 4) is 6.07 Å². The van der Waals surface area contributed by atoms with E-state index in [-0.39, 0.29) is 0 Å². The molecule has 1 heterocycles. The van der Waals surface area contributed by atoms with Crippen LogP contribution in [0.4, 0.5) is 5.69 Å². The molecule has 0 amide bonds. The van der Waals surface area contributed by atoms with Crippen LogP contribution in [0.25, 0.3) is 0 Å². The normalized spacial score (nSPS) is 9.65. The van der Waals surface area contributed by atoms with Crippen molar-refractivity contribution in [2.24, 2.45) is 0 Å². The van der Waals surface area contributed by atoms with E-state index in [1.54, 1.807) is 18.3 Å². The minimum atomic E-state index is 0.445. The van der Waals surface area contributed by atoms with Crippen LogP contribution in [-0.2, 0) is 6.54 Å². The summed E-state index contributed by atoms with van der Waals surface area (Å²) < 4.78 is 0. The highest BCUT2D eigenvalue weighted by molar-refractivity contribution is 6.32. The fraction of sp³-hybridized carbons (Fsp3) is 0.0833. The van der Waals surface area contributed by atoms with Crippen molar-refractivity contribution in [1.29, 1.82) is 5.26 Å². The van der Waals surface area contributed by atoms with E-state index in [1.807, 2.05) is 18.2 Å². The minimum Gasteiger partial charge on any atom is -0.379 e. The molecule has 0 bridgehead atoms. The molecular formula is C12H9ClN4. The average molecular weight is 245 g/mol. The molecule has 0 radical (unpaired) electrons. The van der Waals surface area contributed by atoms with Crippen LogP contribution in [0.3, 0.4) is 0 Å². The van der Waals surface area contributed by atoms with Crippen LogP contribution in [0.15, 0.2) is 36.8 Å². The highest BCUT2D eigenvalue weighted by Crippen LogP contribution is 2.20. The van der Waals surface area contributed by atoms with Crippen LogP contribution in [0.5, 0.6) is 0 Å². The van der Waals surface area contributed by atoms with Gasteiger partial charge in [0, 0.05) is 11.9 Å². The van der Waals surface area contributed by atoms with E-state index in [4.69, 9.17) is 16.9 Å². The van der Waals surface area contributed by atoms with E-state index in [2.05, 4.69) is 15.3 Å². The highest BCUT2D eigenvalue weighted by atomic mass is 35.5. The van der Waals surface area contributed by atoms with Crippen molar-refractivity contribution < 1.29 is 0 Å². The molecule has 1 N–H and O–H groups in total. The molecule has 0 aliphatic carbocycles. The Morgan fingerprint density at radius 1 is 1.35 bits per heavy atom. The molecule has 0 spiro atoms. The number of hydrogen-bond donors (Lipinski definition) is 1. The number of aromatic nitrogens is 2. The fourth-order valence-corrected chi connectivity index (χ4v) is 1.55. The van der Waals surface area contributed by atoms with Gasteiger partial charge < -0.3 is 5.32 Å². The second-order valence-corrected chi connectivity index (χ2v) is 3.77. The van der Waals surface area contributed by atoms with E-state index in [1.165, 1.54) is 6.33 Å². The molecule has 0 saturated heterocycles. The van der Waals surface area contributed by atoms with Crippen molar-refractivity contribution in [2.75, 3.05) is 5.32 Å². The molecule has 0 atom stereocenters. The Morgan fingerprint density at radius 2 is 2.24 bits per heavy atom. The lowest BCUT2D eigenvalue weighted by molar-refractivity contribution is 1.01. The fourth-order valence-electron chi connectivity index (χ4n) is 1.33. The number of nitriles is 1. The first-order valence-electron chi connectivity index (χ1n) is 4.98. The predicted molar refractivity (Wildman–Crippen MR) is 65.5 cm³/mol. The SMILES string of the molecule is N#Cc1ccc(NCc2ccncn2)cc1Cl. The van der Waals surface area contributed by atoms with E-state index in [0.717, 1.165) is 11.4 Å². The molecule has 2 rings (SSSR count). The largest absolute Gasteiger partial charge is 0.379 e. The Morgan fingerprint density at radius 3 is 2.88 bits per heavy atom. The third-order valence-electron chi connectivity index (χ3n) is 2.21. The maximum Gasteiger partial charge on any atom is 0.115 e. The van der Waals surface area contributed by atoms with Gasteiger partial charge in [-0.1, -0.05) is 11.6 Å². The summed E-state index contributed by atoms with van der Waals surface area (Å²) in [4.78, 5) is 7.93. The first-order valence-corrected chi connectivity index (χ1v) is 5.36. The first-order chi connectivity index (χ1) is 8.29. The Labute approximate surface area is 104 Å². The molecule has 17 heavy (non-hydrogen) atoms. The molecule has 2 aromatic rings. The number of nitrogens with zero attached hydrogens (tertiary/aromatic N) is 3. The van der Waals surface area contributed by atoms with Crippen LogP contribution in [0.1, 0.15) is 11.3 Å². The molecule has 1 aromatic heterocycles. The van der Waals surface area contributed by atoms with E-state index < -0.39 is 0 Å². The van der Waals surface area contributed by atoms with Gasteiger partial charge in [0.2, 0.25) is 0 Å². The monoisotopic (exact) mass is 244 g/mol. The van der Waals surface area contributed by atoms with Crippen LogP contribution in [0.2, 0.25) is 5.02 Å². The summed E-state index contributed by atoms with van der Waals surface area (Å²) in [6, 6.07) is 9.07. The van der Waals surface area contributed by atoms with E-state index >= 15 is 0 Å². The molecule has 0 fully saturated rings. The van der Waals surface area contributed by atoms with Crippen LogP contribution >= 0.6 is 11.6 Å². The molecule has 5 heteroatoms. The van der Waals surface area contributed by atoms with Crippen LogP contribution < -0.4 is 5.32 Å². The molecular weight excluding hydrogens is 236 g/mol. The van der Waals surface area contributed by atoms with Crippen molar-refractivity contribution in [2.45, 2.75) is 6.54 Å². The average Bonchev–Trinajstić information content (AvgIpc) is 2.38. The number of rotatable bonds is 3. The maximum atomic E-state index is 8.75. The predicted octanol–water partition coefficient (Wildman–Crippen LogP) is 2.61. The zero-order valence-electron chi connectivity index (χ0n) is 8.89. The number of benzene rings is 1. The lowest BCUT2D eigenvalue weighted by Crippen LogP contribution is -2.01. The Hall–Kier alpha value is -2.12. The summed E-state index contributed by atoms with van der Waals surface area (Å²) in [6.07, 6.45) is 3.19. The minimum absolute atomic E-state index is 0.445. The molecule has 4 nitrogen and oxygen atoms in total. The number of hydrogen-bond acceptors (Lipinski definition) is 4. The highest BCUT2D eigenvalue weighted by Gasteiger charge is 2.01. The quantitative estimate of drug-likeness (QED) is 0.902. The van der Waals surface area contributed by atoms with Crippen molar-refractivity contribution in [3.63, 3.8) is 0 Å². The van der Waals surface area contributed by atoms with Crippen LogP contribution in [-0.4, -0.2) is 9.97 Å². The lowest BCUT2D eigenvalue weighted by Gasteiger charge is -2.06.